The molecule has 0 bridgehead atoms. The molecule has 0 radical (unpaired) electrons. The van der Waals surface area contributed by atoms with E-state index in [1.165, 1.54) is 0 Å². The van der Waals surface area contributed by atoms with Crippen molar-refractivity contribution in [3.05, 3.63) is 87.0 Å². The van der Waals surface area contributed by atoms with Gasteiger partial charge in [-0.2, -0.15) is 0 Å². The van der Waals surface area contributed by atoms with Gasteiger partial charge in [-0.1, -0.05) is 23.7 Å². The minimum absolute atomic E-state index is 0.0270. The average Bonchev–Trinajstić information content (AvgIpc) is 2.78. The Morgan fingerprint density at radius 1 is 1.06 bits per heavy atom. The number of carbonyl (C=O) groups is 1. The molecule has 0 saturated heterocycles. The highest BCUT2D eigenvalue weighted by Gasteiger charge is 2.20. The van der Waals surface area contributed by atoms with Gasteiger partial charge in [0.05, 0.1) is 12.5 Å². The fourth-order valence-corrected chi connectivity index (χ4v) is 3.83. The number of fused-ring (bicyclic) bond motifs is 1. The number of hydrogen-bond acceptors (Lipinski definition) is 5. The lowest BCUT2D eigenvalue weighted by atomic mass is 10.0. The average molecular weight is 464 g/mol. The third-order valence-electron chi connectivity index (χ3n) is 5.10. The van der Waals surface area contributed by atoms with Gasteiger partial charge in [-0.15, -0.1) is 0 Å². The molecule has 6 nitrogen and oxygen atoms in total. The van der Waals surface area contributed by atoms with Gasteiger partial charge in [-0.05, 0) is 73.5 Å². The van der Waals surface area contributed by atoms with E-state index in [1.807, 2.05) is 26.0 Å². The maximum Gasteiger partial charge on any atom is 0.262 e. The maximum absolute atomic E-state index is 13.4. The zero-order valence-electron chi connectivity index (χ0n) is 18.4. The monoisotopic (exact) mass is 463 g/mol. The van der Waals surface area contributed by atoms with Crippen LogP contribution in [-0.2, 0) is 4.79 Å². The zero-order chi connectivity index (χ0) is 23.5. The molecule has 0 aliphatic rings. The lowest BCUT2D eigenvalue weighted by molar-refractivity contribution is -0.118. The molecule has 0 unspecified atom stereocenters. The summed E-state index contributed by atoms with van der Waals surface area (Å²) in [5, 5.41) is 3.62. The third kappa shape index (κ3) is 4.86. The molecule has 1 heterocycles. The van der Waals surface area contributed by atoms with Gasteiger partial charge >= 0.3 is 0 Å². The molecule has 0 spiro atoms. The number of ether oxygens (including phenoxy) is 2. The van der Waals surface area contributed by atoms with E-state index in [0.29, 0.717) is 33.0 Å². The highest BCUT2D eigenvalue weighted by atomic mass is 35.5. The molecule has 1 aromatic heterocycles. The van der Waals surface area contributed by atoms with E-state index < -0.39 is 5.91 Å². The smallest absolute Gasteiger partial charge is 0.262 e. The SMILES string of the molecule is COc1ccc(-c2oc3cc(C)cc(C)c3c(=O)c2OCC(=O)Nc2cccc(Cl)c2)cc1. The number of methoxy groups -OCH3 is 1. The predicted octanol–water partition coefficient (Wildman–Crippen LogP) is 5.76. The minimum Gasteiger partial charge on any atom is -0.497 e. The van der Waals surface area contributed by atoms with Crippen molar-refractivity contribution in [2.24, 2.45) is 0 Å². The van der Waals surface area contributed by atoms with Crippen LogP contribution in [-0.4, -0.2) is 19.6 Å². The molecule has 3 aromatic carbocycles. The first-order valence-corrected chi connectivity index (χ1v) is 10.6. The second-order valence-electron chi connectivity index (χ2n) is 7.62. The Kier molecular flexibility index (Phi) is 6.38. The number of rotatable bonds is 6. The first kappa shape index (κ1) is 22.4. The summed E-state index contributed by atoms with van der Waals surface area (Å²) in [6.07, 6.45) is 0. The molecule has 1 N–H and O–H groups in total. The molecule has 0 atom stereocenters. The lowest BCUT2D eigenvalue weighted by Gasteiger charge is -2.13. The Labute approximate surface area is 195 Å². The fraction of sp³-hybridized carbons (Fsp3) is 0.154. The van der Waals surface area contributed by atoms with Gasteiger partial charge < -0.3 is 19.2 Å². The second kappa shape index (κ2) is 9.38. The first-order chi connectivity index (χ1) is 15.9. The predicted molar refractivity (Wildman–Crippen MR) is 130 cm³/mol. The molecule has 4 aromatic rings. The Balaban J connectivity index is 1.73. The van der Waals surface area contributed by atoms with Gasteiger partial charge in [0.2, 0.25) is 11.2 Å². The van der Waals surface area contributed by atoms with Crippen molar-refractivity contribution in [3.63, 3.8) is 0 Å². The molecule has 0 saturated carbocycles. The summed E-state index contributed by atoms with van der Waals surface area (Å²) in [5.74, 6) is 0.451. The van der Waals surface area contributed by atoms with Crippen LogP contribution in [0.25, 0.3) is 22.3 Å². The van der Waals surface area contributed by atoms with Crippen molar-refractivity contribution in [2.75, 3.05) is 19.0 Å². The Morgan fingerprint density at radius 3 is 2.52 bits per heavy atom. The quantitative estimate of drug-likeness (QED) is 0.393. The highest BCUT2D eigenvalue weighted by molar-refractivity contribution is 6.30. The van der Waals surface area contributed by atoms with E-state index in [4.69, 9.17) is 25.5 Å². The number of amides is 1. The summed E-state index contributed by atoms with van der Waals surface area (Å²) in [5.41, 5.74) is 3.02. The normalized spacial score (nSPS) is 10.8. The molecule has 1 amide bonds. The molecular weight excluding hydrogens is 442 g/mol. The second-order valence-corrected chi connectivity index (χ2v) is 8.06. The molecular formula is C26H22ClNO5. The van der Waals surface area contributed by atoms with Gasteiger partial charge in [0.25, 0.3) is 5.91 Å². The van der Waals surface area contributed by atoms with Crippen LogP contribution in [0.4, 0.5) is 5.69 Å². The van der Waals surface area contributed by atoms with E-state index in [2.05, 4.69) is 5.32 Å². The molecule has 168 valence electrons. The summed E-state index contributed by atoms with van der Waals surface area (Å²) < 4.78 is 17.1. The van der Waals surface area contributed by atoms with E-state index in [1.54, 1.807) is 55.6 Å². The van der Waals surface area contributed by atoms with Crippen LogP contribution in [0.15, 0.2) is 69.9 Å². The number of carbonyl (C=O) groups excluding carboxylic acids is 1. The van der Waals surface area contributed by atoms with Crippen LogP contribution in [0.3, 0.4) is 0 Å². The van der Waals surface area contributed by atoms with Crippen LogP contribution in [0.5, 0.6) is 11.5 Å². The van der Waals surface area contributed by atoms with Crippen LogP contribution in [0, 0.1) is 13.8 Å². The first-order valence-electron chi connectivity index (χ1n) is 10.3. The highest BCUT2D eigenvalue weighted by Crippen LogP contribution is 2.33. The standard InChI is InChI=1S/C26H22ClNO5/c1-15-11-16(2)23-21(12-15)33-25(17-7-9-20(31-3)10-8-17)26(24(23)30)32-14-22(29)28-19-6-4-5-18(27)13-19/h4-13H,14H2,1-3H3,(H,28,29). The molecule has 4 rings (SSSR count). The van der Waals surface area contributed by atoms with Crippen molar-refractivity contribution in [1.29, 1.82) is 0 Å². The summed E-state index contributed by atoms with van der Waals surface area (Å²) >= 11 is 5.97. The van der Waals surface area contributed by atoms with E-state index >= 15 is 0 Å². The zero-order valence-corrected chi connectivity index (χ0v) is 19.2. The third-order valence-corrected chi connectivity index (χ3v) is 5.34. The topological polar surface area (TPSA) is 77.8 Å². The van der Waals surface area contributed by atoms with Crippen molar-refractivity contribution in [3.8, 4) is 22.8 Å². The summed E-state index contributed by atoms with van der Waals surface area (Å²) in [6.45, 7) is 3.40. The largest absolute Gasteiger partial charge is 0.497 e. The molecule has 7 heteroatoms. The van der Waals surface area contributed by atoms with Gasteiger partial charge in [-0.3, -0.25) is 9.59 Å². The number of halogens is 1. The number of aryl methyl sites for hydroxylation is 2. The van der Waals surface area contributed by atoms with Gasteiger partial charge in [0.1, 0.15) is 11.3 Å². The maximum atomic E-state index is 13.4. The molecule has 0 aliphatic carbocycles. The van der Waals surface area contributed by atoms with Crippen LogP contribution < -0.4 is 20.2 Å². The van der Waals surface area contributed by atoms with Crippen LogP contribution in [0.1, 0.15) is 11.1 Å². The Bertz CT molecular complexity index is 1390. The minimum atomic E-state index is -0.432. The van der Waals surface area contributed by atoms with Crippen LogP contribution >= 0.6 is 11.6 Å². The van der Waals surface area contributed by atoms with E-state index in [0.717, 1.165) is 11.1 Å². The summed E-state index contributed by atoms with van der Waals surface area (Å²) in [4.78, 5) is 25.9. The Hall–Kier alpha value is -3.77. The van der Waals surface area contributed by atoms with E-state index in [-0.39, 0.29) is 23.5 Å². The van der Waals surface area contributed by atoms with Gasteiger partial charge in [0, 0.05) is 16.3 Å². The van der Waals surface area contributed by atoms with Crippen molar-refractivity contribution in [1.82, 2.24) is 0 Å². The summed E-state index contributed by atoms with van der Waals surface area (Å²) in [7, 11) is 1.57. The van der Waals surface area contributed by atoms with Gasteiger partial charge in [0.15, 0.2) is 12.4 Å². The molecule has 0 aliphatic heterocycles. The Morgan fingerprint density at radius 2 is 1.82 bits per heavy atom. The van der Waals surface area contributed by atoms with Crippen molar-refractivity contribution >= 4 is 34.2 Å². The number of benzene rings is 3. The van der Waals surface area contributed by atoms with Gasteiger partial charge in [-0.25, -0.2) is 0 Å². The number of hydrogen-bond donors (Lipinski definition) is 1. The number of nitrogens with one attached hydrogen (secondary N) is 1. The van der Waals surface area contributed by atoms with Crippen molar-refractivity contribution in [2.45, 2.75) is 13.8 Å². The van der Waals surface area contributed by atoms with Crippen LogP contribution in [0.2, 0.25) is 5.02 Å². The summed E-state index contributed by atoms with van der Waals surface area (Å²) in [6, 6.07) is 17.5. The number of anilines is 1. The fourth-order valence-electron chi connectivity index (χ4n) is 3.64. The molecule has 0 fully saturated rings. The molecule has 33 heavy (non-hydrogen) atoms. The lowest BCUT2D eigenvalue weighted by Crippen LogP contribution is -2.22. The van der Waals surface area contributed by atoms with E-state index in [9.17, 15) is 9.59 Å². The van der Waals surface area contributed by atoms with Crippen molar-refractivity contribution < 1.29 is 18.7 Å².